The molecule has 2 aromatic rings. The Morgan fingerprint density at radius 2 is 1.94 bits per heavy atom. The van der Waals surface area contributed by atoms with E-state index in [-0.39, 0.29) is 5.11 Å². The molecule has 0 aliphatic carbocycles. The molecule has 0 unspecified atom stereocenters. The molecule has 0 amide bonds. The van der Waals surface area contributed by atoms with Crippen molar-refractivity contribution in [1.82, 2.24) is 0 Å². The molecule has 0 aliphatic heterocycles. The summed E-state index contributed by atoms with van der Waals surface area (Å²) < 4.78 is 0. The van der Waals surface area contributed by atoms with Gasteiger partial charge in [-0.2, -0.15) is 0 Å². The number of nitrogen functional groups attached to an aromatic ring is 1. The fourth-order valence-corrected chi connectivity index (χ4v) is 2.72. The summed E-state index contributed by atoms with van der Waals surface area (Å²) in [5, 5.41) is 4.52. The van der Waals surface area contributed by atoms with Gasteiger partial charge in [0.05, 0.1) is 22.1 Å². The Kier molecular flexibility index (Phi) is 3.51. The first kappa shape index (κ1) is 12.2. The van der Waals surface area contributed by atoms with Crippen LogP contribution in [0.15, 0.2) is 35.0 Å². The maximum absolute atomic E-state index is 6.09. The van der Waals surface area contributed by atoms with Crippen molar-refractivity contribution in [2.45, 2.75) is 0 Å². The van der Waals surface area contributed by atoms with Gasteiger partial charge in [0, 0.05) is 10.8 Å². The molecule has 3 nitrogen and oxygen atoms in total. The lowest BCUT2D eigenvalue weighted by Gasteiger charge is -2.23. The van der Waals surface area contributed by atoms with Crippen molar-refractivity contribution < 1.29 is 0 Å². The van der Waals surface area contributed by atoms with Crippen LogP contribution in [-0.2, 0) is 0 Å². The number of thiophene rings is 1. The molecule has 1 heterocycles. The molecule has 0 fully saturated rings. The molecule has 0 bridgehead atoms. The van der Waals surface area contributed by atoms with Gasteiger partial charge in [-0.25, -0.2) is 0 Å². The second-order valence-corrected chi connectivity index (χ2v) is 4.91. The normalized spacial score (nSPS) is 10.2. The van der Waals surface area contributed by atoms with E-state index in [1.54, 1.807) is 11.0 Å². The van der Waals surface area contributed by atoms with Crippen molar-refractivity contribution >= 4 is 57.3 Å². The lowest BCUT2D eigenvalue weighted by Crippen LogP contribution is -2.31. The van der Waals surface area contributed by atoms with Gasteiger partial charge >= 0.3 is 0 Å². The number of thiocarbonyl (C=S) groups is 1. The number of nitrogens with zero attached hydrogens (tertiary/aromatic N) is 1. The topological polar surface area (TPSA) is 55.3 Å². The lowest BCUT2D eigenvalue weighted by atomic mass is 10.2. The Bertz CT molecular complexity index is 553. The fraction of sp³-hybridized carbons (Fsp3) is 0. The third-order valence-electron chi connectivity index (χ3n) is 2.23. The molecule has 0 radical (unpaired) electrons. The largest absolute Gasteiger partial charge is 0.397 e. The van der Waals surface area contributed by atoms with Crippen molar-refractivity contribution in [2.24, 2.45) is 5.73 Å². The number of halogens is 1. The van der Waals surface area contributed by atoms with E-state index in [9.17, 15) is 0 Å². The molecule has 2 rings (SSSR count). The summed E-state index contributed by atoms with van der Waals surface area (Å²) in [6.45, 7) is 0. The van der Waals surface area contributed by atoms with Crippen LogP contribution in [-0.4, -0.2) is 5.11 Å². The van der Waals surface area contributed by atoms with Gasteiger partial charge in [0.25, 0.3) is 0 Å². The minimum atomic E-state index is 0.211. The Hall–Kier alpha value is -1.30. The number of para-hydroxylation sites is 2. The van der Waals surface area contributed by atoms with Gasteiger partial charge in [0.1, 0.15) is 0 Å². The first-order valence-corrected chi connectivity index (χ1v) is 6.50. The second-order valence-electron chi connectivity index (χ2n) is 3.34. The van der Waals surface area contributed by atoms with E-state index in [2.05, 4.69) is 0 Å². The molecule has 88 valence electrons. The minimum absolute atomic E-state index is 0.211. The molecular formula is C11H10ClN3S2. The van der Waals surface area contributed by atoms with Crippen LogP contribution in [0.5, 0.6) is 0 Å². The van der Waals surface area contributed by atoms with Gasteiger partial charge in [0.2, 0.25) is 0 Å². The van der Waals surface area contributed by atoms with Gasteiger partial charge in [0.15, 0.2) is 5.11 Å². The predicted molar refractivity (Wildman–Crippen MR) is 79.1 cm³/mol. The SMILES string of the molecule is NC(=S)N(c1ccccc1N)c1cscc1Cl. The number of hydrogen-bond donors (Lipinski definition) is 2. The predicted octanol–water partition coefficient (Wildman–Crippen LogP) is 3.37. The average molecular weight is 284 g/mol. The van der Waals surface area contributed by atoms with Crippen molar-refractivity contribution in [3.05, 3.63) is 40.0 Å². The van der Waals surface area contributed by atoms with E-state index in [1.165, 1.54) is 11.3 Å². The Morgan fingerprint density at radius 1 is 1.24 bits per heavy atom. The summed E-state index contributed by atoms with van der Waals surface area (Å²) in [6.07, 6.45) is 0. The number of nitrogens with two attached hydrogens (primary N) is 2. The van der Waals surface area contributed by atoms with Gasteiger partial charge in [-0.05, 0) is 24.4 Å². The third-order valence-corrected chi connectivity index (χ3v) is 3.58. The van der Waals surface area contributed by atoms with E-state index >= 15 is 0 Å². The molecule has 17 heavy (non-hydrogen) atoms. The highest BCUT2D eigenvalue weighted by Crippen LogP contribution is 2.36. The molecular weight excluding hydrogens is 274 g/mol. The Labute approximate surface area is 114 Å². The molecule has 0 aliphatic rings. The quantitative estimate of drug-likeness (QED) is 0.655. The first-order valence-electron chi connectivity index (χ1n) is 4.77. The molecule has 0 atom stereocenters. The van der Waals surface area contributed by atoms with E-state index in [1.807, 2.05) is 29.0 Å². The summed E-state index contributed by atoms with van der Waals surface area (Å²) >= 11 is 12.6. The zero-order valence-electron chi connectivity index (χ0n) is 8.76. The van der Waals surface area contributed by atoms with Crippen LogP contribution >= 0.6 is 35.2 Å². The van der Waals surface area contributed by atoms with Crippen LogP contribution in [0.3, 0.4) is 0 Å². The summed E-state index contributed by atoms with van der Waals surface area (Å²) in [5.74, 6) is 0. The van der Waals surface area contributed by atoms with Crippen LogP contribution in [0, 0.1) is 0 Å². The van der Waals surface area contributed by atoms with Gasteiger partial charge in [-0.15, -0.1) is 11.3 Å². The minimum Gasteiger partial charge on any atom is -0.397 e. The van der Waals surface area contributed by atoms with Crippen molar-refractivity contribution in [1.29, 1.82) is 0 Å². The van der Waals surface area contributed by atoms with Crippen LogP contribution in [0.4, 0.5) is 17.1 Å². The zero-order chi connectivity index (χ0) is 12.4. The fourth-order valence-electron chi connectivity index (χ4n) is 1.49. The summed E-state index contributed by atoms with van der Waals surface area (Å²) in [4.78, 5) is 1.67. The summed E-state index contributed by atoms with van der Waals surface area (Å²) in [6, 6.07) is 7.37. The Morgan fingerprint density at radius 3 is 2.47 bits per heavy atom. The van der Waals surface area contributed by atoms with Crippen molar-refractivity contribution in [3.8, 4) is 0 Å². The molecule has 0 saturated heterocycles. The van der Waals surface area contributed by atoms with Crippen LogP contribution in [0.1, 0.15) is 0 Å². The smallest absolute Gasteiger partial charge is 0.175 e. The summed E-state index contributed by atoms with van der Waals surface area (Å²) in [5.41, 5.74) is 13.8. The monoisotopic (exact) mass is 283 g/mol. The summed E-state index contributed by atoms with van der Waals surface area (Å²) in [7, 11) is 0. The van der Waals surface area contributed by atoms with Crippen LogP contribution < -0.4 is 16.4 Å². The number of benzene rings is 1. The van der Waals surface area contributed by atoms with E-state index < -0.39 is 0 Å². The molecule has 4 N–H and O–H groups in total. The lowest BCUT2D eigenvalue weighted by molar-refractivity contribution is 1.36. The average Bonchev–Trinajstić information content (AvgIpc) is 2.68. The number of hydrogen-bond acceptors (Lipinski definition) is 3. The number of rotatable bonds is 2. The first-order chi connectivity index (χ1) is 8.11. The van der Waals surface area contributed by atoms with Gasteiger partial charge in [-0.1, -0.05) is 23.7 Å². The van der Waals surface area contributed by atoms with E-state index in [0.29, 0.717) is 10.7 Å². The van der Waals surface area contributed by atoms with E-state index in [4.69, 9.17) is 35.3 Å². The highest BCUT2D eigenvalue weighted by molar-refractivity contribution is 7.80. The Balaban J connectivity index is 2.55. The van der Waals surface area contributed by atoms with Crippen molar-refractivity contribution in [3.63, 3.8) is 0 Å². The molecule has 0 saturated carbocycles. The van der Waals surface area contributed by atoms with E-state index in [0.717, 1.165) is 11.4 Å². The molecule has 0 spiro atoms. The highest BCUT2D eigenvalue weighted by Gasteiger charge is 2.17. The molecule has 6 heteroatoms. The second kappa shape index (κ2) is 4.91. The highest BCUT2D eigenvalue weighted by atomic mass is 35.5. The van der Waals surface area contributed by atoms with Crippen LogP contribution in [0.25, 0.3) is 0 Å². The van der Waals surface area contributed by atoms with Crippen molar-refractivity contribution in [2.75, 3.05) is 10.6 Å². The molecule has 1 aromatic heterocycles. The maximum atomic E-state index is 6.09. The number of anilines is 3. The zero-order valence-corrected chi connectivity index (χ0v) is 11.1. The standard InChI is InChI=1S/C11H10ClN3S2/c12-7-5-17-6-10(7)15(11(14)16)9-4-2-1-3-8(9)13/h1-6H,13H2,(H2,14,16). The molecule has 1 aromatic carbocycles. The van der Waals surface area contributed by atoms with Gasteiger partial charge < -0.3 is 11.5 Å². The third kappa shape index (κ3) is 2.36. The van der Waals surface area contributed by atoms with Crippen LogP contribution in [0.2, 0.25) is 5.02 Å². The van der Waals surface area contributed by atoms with Gasteiger partial charge in [-0.3, -0.25) is 4.90 Å². The maximum Gasteiger partial charge on any atom is 0.175 e.